The first kappa shape index (κ1) is 17.7. The lowest BCUT2D eigenvalue weighted by Gasteiger charge is -2.07. The van der Waals surface area contributed by atoms with E-state index in [1.54, 1.807) is 6.08 Å². The van der Waals surface area contributed by atoms with Crippen molar-refractivity contribution in [1.82, 2.24) is 23.9 Å². The molecule has 0 radical (unpaired) electrons. The van der Waals surface area contributed by atoms with E-state index in [9.17, 15) is 0 Å². The van der Waals surface area contributed by atoms with Gasteiger partial charge in [-0.1, -0.05) is 43.0 Å². The van der Waals surface area contributed by atoms with Gasteiger partial charge in [0.15, 0.2) is 0 Å². The summed E-state index contributed by atoms with van der Waals surface area (Å²) in [4.78, 5) is 14.5. The maximum Gasteiger partial charge on any atom is 0.240 e. The van der Waals surface area contributed by atoms with Crippen molar-refractivity contribution in [3.8, 4) is 5.95 Å². The van der Waals surface area contributed by atoms with Gasteiger partial charge in [0.1, 0.15) is 11.1 Å². The van der Waals surface area contributed by atoms with Gasteiger partial charge in [0.2, 0.25) is 17.4 Å². The molecule has 4 aromatic heterocycles. The second-order valence-electron chi connectivity index (χ2n) is 7.60. The van der Waals surface area contributed by atoms with Gasteiger partial charge >= 0.3 is 0 Å². The standard InChI is InChI=1S/C25H19N5O/c1-4-9-15(2)19-14-16(3)26-24(27-19)30-23-22(17-10-5-8-13-21(17)31-23)29-20-12-7-6-11-18(20)28-25(29)30/h4-14H,1H2,2-3H3/b15-9+. The Bertz CT molecular complexity index is 1590. The highest BCUT2D eigenvalue weighted by Gasteiger charge is 2.24. The fourth-order valence-corrected chi connectivity index (χ4v) is 4.16. The topological polar surface area (TPSA) is 61.2 Å². The molecule has 0 aliphatic carbocycles. The van der Waals surface area contributed by atoms with Crippen LogP contribution < -0.4 is 0 Å². The molecule has 0 atom stereocenters. The third kappa shape index (κ3) is 2.48. The van der Waals surface area contributed by atoms with E-state index in [0.717, 1.165) is 50.3 Å². The van der Waals surface area contributed by atoms with Gasteiger partial charge < -0.3 is 4.42 Å². The van der Waals surface area contributed by atoms with Crippen molar-refractivity contribution in [2.75, 3.05) is 0 Å². The maximum absolute atomic E-state index is 6.31. The van der Waals surface area contributed by atoms with Crippen molar-refractivity contribution in [3.05, 3.63) is 84.7 Å². The van der Waals surface area contributed by atoms with Crippen molar-refractivity contribution in [1.29, 1.82) is 0 Å². The molecule has 0 saturated carbocycles. The van der Waals surface area contributed by atoms with E-state index >= 15 is 0 Å². The van der Waals surface area contributed by atoms with Crippen LogP contribution in [0.1, 0.15) is 18.3 Å². The van der Waals surface area contributed by atoms with Gasteiger partial charge in [0.05, 0.1) is 16.7 Å². The quantitative estimate of drug-likeness (QED) is 0.346. The first-order valence-corrected chi connectivity index (χ1v) is 10.1. The molecule has 4 heterocycles. The molecule has 150 valence electrons. The van der Waals surface area contributed by atoms with E-state index < -0.39 is 0 Å². The van der Waals surface area contributed by atoms with E-state index in [-0.39, 0.29) is 0 Å². The molecule has 0 spiro atoms. The average Bonchev–Trinajstić information content (AvgIpc) is 3.40. The molecule has 0 bridgehead atoms. The molecule has 0 amide bonds. The SMILES string of the molecule is C=C/C=C(\C)c1cc(C)nc(-n2c3oc4ccccc4c3n3c4ccccc4nc23)n1. The Kier molecular flexibility index (Phi) is 3.65. The first-order chi connectivity index (χ1) is 15.2. The molecule has 2 aromatic carbocycles. The molecule has 6 aromatic rings. The highest BCUT2D eigenvalue weighted by atomic mass is 16.3. The van der Waals surface area contributed by atoms with E-state index in [4.69, 9.17) is 19.4 Å². The molecule has 0 N–H and O–H groups in total. The lowest BCUT2D eigenvalue weighted by Crippen LogP contribution is -2.05. The Morgan fingerprint density at radius 1 is 1.03 bits per heavy atom. The van der Waals surface area contributed by atoms with Crippen LogP contribution in [-0.2, 0) is 0 Å². The van der Waals surface area contributed by atoms with Crippen LogP contribution in [0.25, 0.3) is 50.5 Å². The third-order valence-electron chi connectivity index (χ3n) is 5.54. The van der Waals surface area contributed by atoms with Crippen molar-refractivity contribution >= 4 is 44.6 Å². The normalized spacial score (nSPS) is 12.5. The van der Waals surface area contributed by atoms with Gasteiger partial charge in [-0.25, -0.2) is 19.5 Å². The number of rotatable bonds is 3. The number of imidazole rings is 2. The first-order valence-electron chi connectivity index (χ1n) is 10.1. The number of benzene rings is 2. The third-order valence-corrected chi connectivity index (χ3v) is 5.54. The van der Waals surface area contributed by atoms with Crippen LogP contribution in [0.15, 0.2) is 77.7 Å². The zero-order valence-corrected chi connectivity index (χ0v) is 17.2. The number of fused-ring (bicyclic) bond motifs is 7. The maximum atomic E-state index is 6.31. The Labute approximate surface area is 177 Å². The van der Waals surface area contributed by atoms with Crippen molar-refractivity contribution in [3.63, 3.8) is 0 Å². The fourth-order valence-electron chi connectivity index (χ4n) is 4.16. The summed E-state index contributed by atoms with van der Waals surface area (Å²) in [5.74, 6) is 1.25. The molecule has 0 aliphatic rings. The van der Waals surface area contributed by atoms with Crippen LogP contribution >= 0.6 is 0 Å². The van der Waals surface area contributed by atoms with Gasteiger partial charge in [-0.2, -0.15) is 0 Å². The second-order valence-corrected chi connectivity index (χ2v) is 7.60. The summed E-state index contributed by atoms with van der Waals surface area (Å²) in [7, 11) is 0. The summed E-state index contributed by atoms with van der Waals surface area (Å²) in [5, 5.41) is 1.03. The molecule has 31 heavy (non-hydrogen) atoms. The van der Waals surface area contributed by atoms with Gasteiger partial charge in [-0.15, -0.1) is 0 Å². The number of aromatic nitrogens is 5. The highest BCUT2D eigenvalue weighted by molar-refractivity contribution is 6.06. The minimum Gasteiger partial charge on any atom is -0.437 e. The van der Waals surface area contributed by atoms with Crippen LogP contribution in [0, 0.1) is 6.92 Å². The summed E-state index contributed by atoms with van der Waals surface area (Å²) in [6, 6.07) is 18.1. The van der Waals surface area contributed by atoms with E-state index in [0.29, 0.717) is 11.7 Å². The number of nitrogens with zero attached hydrogens (tertiary/aromatic N) is 5. The second kappa shape index (κ2) is 6.40. The van der Waals surface area contributed by atoms with Crippen LogP contribution in [0.4, 0.5) is 0 Å². The average molecular weight is 405 g/mol. The van der Waals surface area contributed by atoms with Crippen LogP contribution in [-0.4, -0.2) is 23.9 Å². The lowest BCUT2D eigenvalue weighted by atomic mass is 10.2. The number of aryl methyl sites for hydroxylation is 1. The predicted octanol–water partition coefficient (Wildman–Crippen LogP) is 5.87. The molecule has 0 aliphatic heterocycles. The summed E-state index contributed by atoms with van der Waals surface area (Å²) >= 11 is 0. The smallest absolute Gasteiger partial charge is 0.240 e. The van der Waals surface area contributed by atoms with Gasteiger partial charge in [-0.05, 0) is 49.8 Å². The molecule has 6 rings (SSSR count). The molecule has 6 heteroatoms. The predicted molar refractivity (Wildman–Crippen MR) is 123 cm³/mol. The van der Waals surface area contributed by atoms with Crippen LogP contribution in [0.3, 0.4) is 0 Å². The fraction of sp³-hybridized carbons (Fsp3) is 0.0800. The highest BCUT2D eigenvalue weighted by Crippen LogP contribution is 2.35. The molecule has 0 unspecified atom stereocenters. The van der Waals surface area contributed by atoms with Crippen LogP contribution in [0.2, 0.25) is 0 Å². The Morgan fingerprint density at radius 2 is 1.84 bits per heavy atom. The number of furan rings is 1. The molecule has 0 fully saturated rings. The zero-order chi connectivity index (χ0) is 21.1. The number of hydrogen-bond donors (Lipinski definition) is 0. The monoisotopic (exact) mass is 405 g/mol. The minimum absolute atomic E-state index is 0.529. The molecular weight excluding hydrogens is 386 g/mol. The summed E-state index contributed by atoms with van der Waals surface area (Å²) in [6.45, 7) is 7.78. The lowest BCUT2D eigenvalue weighted by molar-refractivity contribution is 0.640. The summed E-state index contributed by atoms with van der Waals surface area (Å²) < 4.78 is 10.4. The molecule has 6 nitrogen and oxygen atoms in total. The number of hydrogen-bond acceptors (Lipinski definition) is 4. The largest absolute Gasteiger partial charge is 0.437 e. The summed E-state index contributed by atoms with van der Waals surface area (Å²) in [6.07, 6.45) is 3.70. The van der Waals surface area contributed by atoms with Crippen LogP contribution in [0.5, 0.6) is 0 Å². The van der Waals surface area contributed by atoms with Crippen molar-refractivity contribution in [2.24, 2.45) is 0 Å². The van der Waals surface area contributed by atoms with Gasteiger partial charge in [-0.3, -0.25) is 4.40 Å². The Hall–Kier alpha value is -4.19. The molecular formula is C25H19N5O. The van der Waals surface area contributed by atoms with Crippen molar-refractivity contribution in [2.45, 2.75) is 13.8 Å². The zero-order valence-electron chi connectivity index (χ0n) is 17.2. The number of para-hydroxylation sites is 3. The van der Waals surface area contributed by atoms with E-state index in [1.807, 2.05) is 67.0 Å². The number of allylic oxidation sites excluding steroid dienone is 3. The Balaban J connectivity index is 1.80. The van der Waals surface area contributed by atoms with Crippen molar-refractivity contribution < 1.29 is 4.42 Å². The van der Waals surface area contributed by atoms with Gasteiger partial charge in [0, 0.05) is 11.1 Å². The Morgan fingerprint density at radius 3 is 2.71 bits per heavy atom. The summed E-state index contributed by atoms with van der Waals surface area (Å²) in [5.41, 5.74) is 7.10. The van der Waals surface area contributed by atoms with E-state index in [1.165, 1.54) is 0 Å². The molecule has 0 saturated heterocycles. The minimum atomic E-state index is 0.529. The van der Waals surface area contributed by atoms with Gasteiger partial charge in [0.25, 0.3) is 0 Å². The van der Waals surface area contributed by atoms with E-state index in [2.05, 4.69) is 23.1 Å².